The fourth-order valence-electron chi connectivity index (χ4n) is 1.24. The number of aliphatic carboxylic acids is 1. The molecule has 0 atom stereocenters. The second kappa shape index (κ2) is 5.23. The first-order valence-corrected chi connectivity index (χ1v) is 5.12. The molecule has 1 N–H and O–H groups in total. The minimum absolute atomic E-state index is 0.0665. The van der Waals surface area contributed by atoms with Gasteiger partial charge in [-0.05, 0) is 30.8 Å². The van der Waals surface area contributed by atoms with E-state index in [-0.39, 0.29) is 12.4 Å². The highest BCUT2D eigenvalue weighted by molar-refractivity contribution is 9.10. The number of carboxylic acids is 1. The van der Waals surface area contributed by atoms with Crippen molar-refractivity contribution in [1.29, 1.82) is 0 Å². The minimum Gasteiger partial charge on any atom is -0.480 e. The van der Waals surface area contributed by atoms with Gasteiger partial charge in [0, 0.05) is 11.0 Å². The van der Waals surface area contributed by atoms with Gasteiger partial charge in [0.15, 0.2) is 0 Å². The molecule has 0 saturated heterocycles. The zero-order valence-corrected chi connectivity index (χ0v) is 9.79. The molecule has 3 nitrogen and oxygen atoms in total. The summed E-state index contributed by atoms with van der Waals surface area (Å²) in [7, 11) is 1.67. The number of hydrogen-bond acceptors (Lipinski definition) is 2. The lowest BCUT2D eigenvalue weighted by Gasteiger charge is -2.14. The SMILES string of the molecule is CN(CC(=O)O)Cc1cc(F)ccc1Br. The summed E-state index contributed by atoms with van der Waals surface area (Å²) in [6.07, 6.45) is 0. The van der Waals surface area contributed by atoms with E-state index in [2.05, 4.69) is 15.9 Å². The normalized spacial score (nSPS) is 10.7. The first-order valence-electron chi connectivity index (χ1n) is 4.33. The van der Waals surface area contributed by atoms with Crippen LogP contribution in [0.25, 0.3) is 0 Å². The number of rotatable bonds is 4. The standard InChI is InChI=1S/C10H11BrFNO2/c1-13(6-10(14)15)5-7-4-8(12)2-3-9(7)11/h2-4H,5-6H2,1H3,(H,14,15). The number of carbonyl (C=O) groups is 1. The second-order valence-corrected chi connectivity index (χ2v) is 4.16. The Balaban J connectivity index is 2.71. The molecule has 0 heterocycles. The number of hydrogen-bond donors (Lipinski definition) is 1. The first kappa shape index (κ1) is 12.1. The Hall–Kier alpha value is -0.940. The van der Waals surface area contributed by atoms with Gasteiger partial charge in [0.1, 0.15) is 5.82 Å². The molecule has 0 aliphatic rings. The molecule has 0 spiro atoms. The highest BCUT2D eigenvalue weighted by Crippen LogP contribution is 2.18. The van der Waals surface area contributed by atoms with Crippen molar-refractivity contribution in [2.75, 3.05) is 13.6 Å². The van der Waals surface area contributed by atoms with Crippen molar-refractivity contribution in [2.45, 2.75) is 6.54 Å². The fraction of sp³-hybridized carbons (Fsp3) is 0.300. The van der Waals surface area contributed by atoms with Crippen LogP contribution in [0.3, 0.4) is 0 Å². The maximum Gasteiger partial charge on any atom is 0.317 e. The van der Waals surface area contributed by atoms with E-state index in [0.29, 0.717) is 6.54 Å². The van der Waals surface area contributed by atoms with Gasteiger partial charge < -0.3 is 5.11 Å². The summed E-state index contributed by atoms with van der Waals surface area (Å²) in [5, 5.41) is 8.56. The third kappa shape index (κ3) is 3.97. The molecule has 0 aromatic heterocycles. The van der Waals surface area contributed by atoms with Gasteiger partial charge in [-0.15, -0.1) is 0 Å². The molecular formula is C10H11BrFNO2. The summed E-state index contributed by atoms with van der Waals surface area (Å²) < 4.78 is 13.7. The quantitative estimate of drug-likeness (QED) is 0.915. The van der Waals surface area contributed by atoms with E-state index in [1.807, 2.05) is 0 Å². The van der Waals surface area contributed by atoms with Gasteiger partial charge in [0.2, 0.25) is 0 Å². The van der Waals surface area contributed by atoms with Crippen molar-refractivity contribution >= 4 is 21.9 Å². The summed E-state index contributed by atoms with van der Waals surface area (Å²) in [5.74, 6) is -1.22. The van der Waals surface area contributed by atoms with Crippen LogP contribution in [0.2, 0.25) is 0 Å². The van der Waals surface area contributed by atoms with Crippen molar-refractivity contribution in [1.82, 2.24) is 4.90 Å². The largest absolute Gasteiger partial charge is 0.480 e. The van der Waals surface area contributed by atoms with Gasteiger partial charge in [0.25, 0.3) is 0 Å². The lowest BCUT2D eigenvalue weighted by Crippen LogP contribution is -2.25. The predicted octanol–water partition coefficient (Wildman–Crippen LogP) is 2.10. The van der Waals surface area contributed by atoms with Crippen molar-refractivity contribution in [3.8, 4) is 0 Å². The highest BCUT2D eigenvalue weighted by Gasteiger charge is 2.08. The molecule has 0 aliphatic heterocycles. The maximum atomic E-state index is 12.9. The second-order valence-electron chi connectivity index (χ2n) is 3.30. The molecule has 0 radical (unpaired) electrons. The molecule has 0 unspecified atom stereocenters. The van der Waals surface area contributed by atoms with Crippen LogP contribution in [0, 0.1) is 5.82 Å². The Morgan fingerprint density at radius 2 is 2.27 bits per heavy atom. The van der Waals surface area contributed by atoms with Gasteiger partial charge in [0.05, 0.1) is 6.54 Å². The van der Waals surface area contributed by atoms with Crippen LogP contribution < -0.4 is 0 Å². The predicted molar refractivity (Wildman–Crippen MR) is 58.1 cm³/mol. The molecular weight excluding hydrogens is 265 g/mol. The van der Waals surface area contributed by atoms with Crippen molar-refractivity contribution in [3.63, 3.8) is 0 Å². The van der Waals surface area contributed by atoms with Crippen LogP contribution in [0.4, 0.5) is 4.39 Å². The molecule has 0 amide bonds. The summed E-state index contributed by atoms with van der Waals surface area (Å²) in [4.78, 5) is 12.0. The summed E-state index contributed by atoms with van der Waals surface area (Å²) in [6.45, 7) is 0.327. The Labute approximate surface area is 95.6 Å². The zero-order chi connectivity index (χ0) is 11.4. The van der Waals surface area contributed by atoms with Crippen LogP contribution in [0.5, 0.6) is 0 Å². The number of benzene rings is 1. The Kier molecular flexibility index (Phi) is 4.23. The van der Waals surface area contributed by atoms with Crippen LogP contribution in [0.15, 0.2) is 22.7 Å². The zero-order valence-electron chi connectivity index (χ0n) is 8.20. The Bertz CT molecular complexity index is 370. The van der Waals surface area contributed by atoms with Gasteiger partial charge in [-0.25, -0.2) is 4.39 Å². The summed E-state index contributed by atoms with van der Waals surface area (Å²) in [5.41, 5.74) is 0.735. The third-order valence-corrected chi connectivity index (χ3v) is 2.63. The average Bonchev–Trinajstić information content (AvgIpc) is 2.10. The molecule has 82 valence electrons. The van der Waals surface area contributed by atoms with Crippen molar-refractivity contribution < 1.29 is 14.3 Å². The molecule has 1 rings (SSSR count). The van der Waals surface area contributed by atoms with E-state index in [0.717, 1.165) is 10.0 Å². The number of carboxylic acid groups (broad SMARTS) is 1. The first-order chi connectivity index (χ1) is 6.99. The average molecular weight is 276 g/mol. The molecule has 5 heteroatoms. The van der Waals surface area contributed by atoms with Crippen LogP contribution in [0.1, 0.15) is 5.56 Å². The highest BCUT2D eigenvalue weighted by atomic mass is 79.9. The van der Waals surface area contributed by atoms with E-state index in [4.69, 9.17) is 5.11 Å². The van der Waals surface area contributed by atoms with Gasteiger partial charge in [-0.3, -0.25) is 9.69 Å². The molecule has 0 saturated carbocycles. The molecule has 1 aromatic carbocycles. The number of likely N-dealkylation sites (N-methyl/N-ethyl adjacent to an activating group) is 1. The summed E-state index contributed by atoms with van der Waals surface area (Å²) in [6, 6.07) is 4.35. The fourth-order valence-corrected chi connectivity index (χ4v) is 1.61. The Morgan fingerprint density at radius 3 is 2.87 bits per heavy atom. The van der Waals surface area contributed by atoms with Crippen LogP contribution in [-0.2, 0) is 11.3 Å². The van der Waals surface area contributed by atoms with Gasteiger partial charge in [-0.1, -0.05) is 15.9 Å². The van der Waals surface area contributed by atoms with E-state index >= 15 is 0 Å². The lowest BCUT2D eigenvalue weighted by molar-refractivity contribution is -0.138. The van der Waals surface area contributed by atoms with E-state index in [9.17, 15) is 9.18 Å². The monoisotopic (exact) mass is 275 g/mol. The van der Waals surface area contributed by atoms with Crippen LogP contribution in [-0.4, -0.2) is 29.6 Å². The lowest BCUT2D eigenvalue weighted by atomic mass is 10.2. The Morgan fingerprint density at radius 1 is 1.60 bits per heavy atom. The molecule has 0 fully saturated rings. The third-order valence-electron chi connectivity index (χ3n) is 1.85. The molecule has 1 aromatic rings. The maximum absolute atomic E-state index is 12.9. The number of halogens is 2. The minimum atomic E-state index is -0.898. The molecule has 0 aliphatic carbocycles. The van der Waals surface area contributed by atoms with Crippen molar-refractivity contribution in [2.24, 2.45) is 0 Å². The number of nitrogens with zero attached hydrogens (tertiary/aromatic N) is 1. The van der Waals surface area contributed by atoms with Crippen molar-refractivity contribution in [3.05, 3.63) is 34.1 Å². The van der Waals surface area contributed by atoms with Gasteiger partial charge in [-0.2, -0.15) is 0 Å². The topological polar surface area (TPSA) is 40.5 Å². The van der Waals surface area contributed by atoms with Crippen LogP contribution >= 0.6 is 15.9 Å². The van der Waals surface area contributed by atoms with E-state index < -0.39 is 5.97 Å². The van der Waals surface area contributed by atoms with E-state index in [1.54, 1.807) is 18.0 Å². The molecule has 15 heavy (non-hydrogen) atoms. The summed E-state index contributed by atoms with van der Waals surface area (Å²) >= 11 is 3.28. The molecule has 0 bridgehead atoms. The van der Waals surface area contributed by atoms with Gasteiger partial charge >= 0.3 is 5.97 Å². The smallest absolute Gasteiger partial charge is 0.317 e. The van der Waals surface area contributed by atoms with E-state index in [1.165, 1.54) is 12.1 Å².